The molecule has 4 heteroatoms. The van der Waals surface area contributed by atoms with Crippen molar-refractivity contribution in [3.8, 4) is 11.4 Å². The van der Waals surface area contributed by atoms with Gasteiger partial charge in [-0.15, -0.1) is 0 Å². The average Bonchev–Trinajstić information content (AvgIpc) is 3.13. The van der Waals surface area contributed by atoms with Gasteiger partial charge < -0.3 is 4.98 Å². The third-order valence-electron chi connectivity index (χ3n) is 5.22. The number of hydrogen-bond acceptors (Lipinski definition) is 1. The Balaban J connectivity index is 1.86. The Hall–Kier alpha value is -3.27. The number of H-pyrrole nitrogens is 1. The highest BCUT2D eigenvalue weighted by molar-refractivity contribution is 6.19. The second-order valence-corrected chi connectivity index (χ2v) is 6.60. The number of rotatable bonds is 1. The van der Waals surface area contributed by atoms with Crippen molar-refractivity contribution in [1.82, 2.24) is 9.97 Å². The van der Waals surface area contributed by atoms with Crippen LogP contribution in [0.15, 0.2) is 67.0 Å². The highest BCUT2D eigenvalue weighted by Gasteiger charge is 2.30. The Morgan fingerprint density at radius 2 is 1.44 bits per heavy atom. The van der Waals surface area contributed by atoms with Crippen LogP contribution in [0.25, 0.3) is 44.2 Å². The van der Waals surface area contributed by atoms with Gasteiger partial charge in [-0.1, -0.05) is 30.3 Å². The second-order valence-electron chi connectivity index (χ2n) is 6.60. The largest absolute Gasteiger partial charge is 0.337 e. The molecule has 0 aliphatic carbocycles. The smallest absolute Gasteiger partial charge is 0.287 e. The number of aryl methyl sites for hydroxylation is 2. The summed E-state index contributed by atoms with van der Waals surface area (Å²) >= 11 is 0. The summed E-state index contributed by atoms with van der Waals surface area (Å²) < 4.78 is 4.72. The number of nitrogens with one attached hydrogen (secondary N) is 1. The van der Waals surface area contributed by atoms with Crippen LogP contribution in [-0.2, 0) is 13.1 Å². The zero-order valence-corrected chi connectivity index (χ0v) is 13.6. The van der Waals surface area contributed by atoms with Crippen LogP contribution in [-0.4, -0.2) is 9.97 Å². The first-order valence-corrected chi connectivity index (χ1v) is 8.61. The van der Waals surface area contributed by atoms with Gasteiger partial charge in [0.2, 0.25) is 13.1 Å². The van der Waals surface area contributed by atoms with Gasteiger partial charge in [0, 0.05) is 17.7 Å². The maximum Gasteiger partial charge on any atom is 0.287 e. The van der Waals surface area contributed by atoms with E-state index in [-0.39, 0.29) is 0 Å². The van der Waals surface area contributed by atoms with Gasteiger partial charge in [0.1, 0.15) is 11.3 Å². The molecule has 5 aromatic rings. The Bertz CT molecular complexity index is 1200. The summed E-state index contributed by atoms with van der Waals surface area (Å²) in [5.41, 5.74) is 5.86. The van der Waals surface area contributed by atoms with Crippen LogP contribution < -0.4 is 9.13 Å². The molecule has 4 heterocycles. The number of pyridine rings is 2. The fourth-order valence-electron chi connectivity index (χ4n) is 4.11. The molecular formula is C21H16N4+2. The van der Waals surface area contributed by atoms with E-state index in [0.29, 0.717) is 0 Å². The van der Waals surface area contributed by atoms with Crippen LogP contribution >= 0.6 is 0 Å². The van der Waals surface area contributed by atoms with E-state index in [1.165, 1.54) is 21.8 Å². The van der Waals surface area contributed by atoms with E-state index in [4.69, 9.17) is 4.98 Å². The maximum atomic E-state index is 4.98. The molecule has 0 saturated heterocycles. The van der Waals surface area contributed by atoms with Crippen LogP contribution in [0.1, 0.15) is 0 Å². The number of hydrogen-bond donors (Lipinski definition) is 1. The van der Waals surface area contributed by atoms with Crippen molar-refractivity contribution in [2.24, 2.45) is 0 Å². The number of imidazole rings is 1. The molecule has 1 aliphatic heterocycles. The van der Waals surface area contributed by atoms with E-state index < -0.39 is 0 Å². The summed E-state index contributed by atoms with van der Waals surface area (Å²) in [4.78, 5) is 8.56. The first-order chi connectivity index (χ1) is 12.4. The summed E-state index contributed by atoms with van der Waals surface area (Å²) in [5.74, 6) is 0.925. The van der Waals surface area contributed by atoms with Crippen molar-refractivity contribution in [3.05, 3.63) is 67.0 Å². The van der Waals surface area contributed by atoms with Gasteiger partial charge in [-0.2, -0.15) is 9.13 Å². The number of fused-ring (bicyclic) bond motifs is 3. The van der Waals surface area contributed by atoms with E-state index in [1.807, 2.05) is 6.07 Å². The van der Waals surface area contributed by atoms with E-state index in [0.717, 1.165) is 35.5 Å². The quantitative estimate of drug-likeness (QED) is 0.373. The summed E-state index contributed by atoms with van der Waals surface area (Å²) in [6, 6.07) is 19.0. The van der Waals surface area contributed by atoms with Gasteiger partial charge in [0.25, 0.3) is 11.0 Å². The van der Waals surface area contributed by atoms with Crippen LogP contribution in [0.5, 0.6) is 0 Å². The molecular weight excluding hydrogens is 308 g/mol. The van der Waals surface area contributed by atoms with Crippen LogP contribution in [0, 0.1) is 0 Å². The fourth-order valence-corrected chi connectivity index (χ4v) is 4.11. The molecule has 25 heavy (non-hydrogen) atoms. The molecule has 0 fully saturated rings. The normalized spacial score (nSPS) is 13.3. The average molecular weight is 324 g/mol. The zero-order valence-electron chi connectivity index (χ0n) is 13.6. The molecule has 0 unspecified atom stereocenters. The number of aromatic amines is 1. The molecule has 0 amide bonds. The lowest BCUT2D eigenvalue weighted by Crippen LogP contribution is -2.50. The van der Waals surface area contributed by atoms with Crippen LogP contribution in [0.3, 0.4) is 0 Å². The standard InChI is InChI=1S/C21H15N4/c1-2-6-14(7-3-1)21-22-17-15-8-4-10-24-12-13-25-11-5-9-16(18(17)23-21)20(25)19(15)24/h1-11H,12-13H2/q+1/p+1. The number of benzene rings is 2. The third kappa shape index (κ3) is 1.68. The molecule has 0 radical (unpaired) electrons. The summed E-state index contributed by atoms with van der Waals surface area (Å²) in [6.45, 7) is 1.99. The van der Waals surface area contributed by atoms with E-state index in [2.05, 4.69) is 75.0 Å². The van der Waals surface area contributed by atoms with Crippen molar-refractivity contribution in [1.29, 1.82) is 0 Å². The molecule has 1 aliphatic rings. The minimum atomic E-state index is 0.925. The van der Waals surface area contributed by atoms with Crippen molar-refractivity contribution in [3.63, 3.8) is 0 Å². The minimum Gasteiger partial charge on any atom is -0.337 e. The minimum absolute atomic E-state index is 0.925. The third-order valence-corrected chi connectivity index (χ3v) is 5.22. The number of nitrogens with zero attached hydrogens (tertiary/aromatic N) is 3. The highest BCUT2D eigenvalue weighted by atomic mass is 15.1. The SMILES string of the molecule is c1ccc(-c2nc3c4ccc[n+]5c4c4c(ccc[n+]4CC5)c3[nH]2)cc1. The van der Waals surface area contributed by atoms with Gasteiger partial charge in [0.15, 0.2) is 12.4 Å². The fraction of sp³-hybridized carbons (Fsp3) is 0.0952. The molecule has 0 saturated carbocycles. The highest BCUT2D eigenvalue weighted by Crippen LogP contribution is 2.32. The lowest BCUT2D eigenvalue weighted by Gasteiger charge is -2.09. The van der Waals surface area contributed by atoms with Gasteiger partial charge >= 0.3 is 0 Å². The van der Waals surface area contributed by atoms with E-state index in [1.54, 1.807) is 0 Å². The summed E-state index contributed by atoms with van der Waals surface area (Å²) in [7, 11) is 0. The van der Waals surface area contributed by atoms with E-state index in [9.17, 15) is 0 Å². The van der Waals surface area contributed by atoms with Crippen molar-refractivity contribution in [2.45, 2.75) is 13.1 Å². The molecule has 0 atom stereocenters. The Morgan fingerprint density at radius 1 is 0.760 bits per heavy atom. The Labute approximate surface area is 144 Å². The molecule has 3 aromatic heterocycles. The number of aromatic nitrogens is 4. The van der Waals surface area contributed by atoms with Gasteiger partial charge in [-0.25, -0.2) is 4.98 Å². The molecule has 2 aromatic carbocycles. The van der Waals surface area contributed by atoms with Gasteiger partial charge in [0.05, 0.1) is 16.3 Å². The lowest BCUT2D eigenvalue weighted by molar-refractivity contribution is -0.771. The predicted octanol–water partition coefficient (Wildman–Crippen LogP) is 3.12. The van der Waals surface area contributed by atoms with Crippen LogP contribution in [0.4, 0.5) is 0 Å². The summed E-state index contributed by atoms with van der Waals surface area (Å²) in [5, 5.41) is 2.45. The second kappa shape index (κ2) is 4.63. The molecule has 1 N–H and O–H groups in total. The first-order valence-electron chi connectivity index (χ1n) is 8.61. The van der Waals surface area contributed by atoms with Gasteiger partial charge in [-0.3, -0.25) is 0 Å². The van der Waals surface area contributed by atoms with Crippen molar-refractivity contribution >= 4 is 32.8 Å². The predicted molar refractivity (Wildman–Crippen MR) is 96.9 cm³/mol. The maximum absolute atomic E-state index is 4.98. The molecule has 0 spiro atoms. The Morgan fingerprint density at radius 3 is 2.20 bits per heavy atom. The lowest BCUT2D eigenvalue weighted by atomic mass is 10.1. The topological polar surface area (TPSA) is 36.4 Å². The first kappa shape index (κ1) is 13.1. The molecule has 4 nitrogen and oxygen atoms in total. The summed E-state index contributed by atoms with van der Waals surface area (Å²) in [6.07, 6.45) is 4.35. The zero-order chi connectivity index (χ0) is 16.4. The van der Waals surface area contributed by atoms with Crippen molar-refractivity contribution in [2.75, 3.05) is 0 Å². The molecule has 118 valence electrons. The monoisotopic (exact) mass is 324 g/mol. The van der Waals surface area contributed by atoms with Crippen LogP contribution in [0.2, 0.25) is 0 Å². The van der Waals surface area contributed by atoms with Crippen molar-refractivity contribution < 1.29 is 9.13 Å². The molecule has 6 rings (SSSR count). The van der Waals surface area contributed by atoms with Gasteiger partial charge in [-0.05, 0) is 12.1 Å². The Kier molecular flexibility index (Phi) is 2.42. The molecule has 0 bridgehead atoms. The van der Waals surface area contributed by atoms with E-state index >= 15 is 0 Å².